The molecular formula is C15H22O4. The molecule has 0 aliphatic carbocycles. The molecule has 0 aliphatic rings. The van der Waals surface area contributed by atoms with Gasteiger partial charge in [-0.05, 0) is 18.6 Å². The second-order valence-corrected chi connectivity index (χ2v) is 4.59. The molecule has 1 rings (SSSR count). The maximum Gasteiger partial charge on any atom is 0.341 e. The zero-order chi connectivity index (χ0) is 14.1. The Labute approximate surface area is 114 Å². The first-order valence-electron chi connectivity index (χ1n) is 6.78. The highest BCUT2D eigenvalue weighted by molar-refractivity contribution is 5.92. The van der Waals surface area contributed by atoms with Crippen molar-refractivity contribution in [2.45, 2.75) is 45.1 Å². The Morgan fingerprint density at radius 2 is 2.00 bits per heavy atom. The summed E-state index contributed by atoms with van der Waals surface area (Å²) in [6.07, 6.45) is 3.96. The minimum absolute atomic E-state index is 0.0870. The summed E-state index contributed by atoms with van der Waals surface area (Å²) in [6.45, 7) is 2.28. The number of hydrogen-bond donors (Lipinski definition) is 2. The van der Waals surface area contributed by atoms with Crippen molar-refractivity contribution < 1.29 is 19.7 Å². The molecule has 0 fully saturated rings. The number of para-hydroxylation sites is 1. The van der Waals surface area contributed by atoms with E-state index >= 15 is 0 Å². The van der Waals surface area contributed by atoms with E-state index in [-0.39, 0.29) is 17.9 Å². The zero-order valence-electron chi connectivity index (χ0n) is 11.3. The summed E-state index contributed by atoms with van der Waals surface area (Å²) in [5.41, 5.74) is 0.156. The summed E-state index contributed by atoms with van der Waals surface area (Å²) in [7, 11) is 0. The van der Waals surface area contributed by atoms with Crippen LogP contribution in [0.4, 0.5) is 0 Å². The molecule has 0 aliphatic heterocycles. The SMILES string of the molecule is CCCCCC(O)CCOC(=O)c1ccccc1O. The molecule has 0 saturated carbocycles. The first-order chi connectivity index (χ1) is 9.15. The maximum absolute atomic E-state index is 11.6. The molecule has 1 aromatic rings. The fourth-order valence-electron chi connectivity index (χ4n) is 1.79. The number of aromatic hydroxyl groups is 1. The van der Waals surface area contributed by atoms with Crippen LogP contribution in [-0.4, -0.2) is 28.9 Å². The van der Waals surface area contributed by atoms with E-state index in [2.05, 4.69) is 6.92 Å². The number of phenolic OH excluding ortho intramolecular Hbond substituents is 1. The van der Waals surface area contributed by atoms with Gasteiger partial charge in [0, 0.05) is 6.42 Å². The largest absolute Gasteiger partial charge is 0.507 e. The van der Waals surface area contributed by atoms with Gasteiger partial charge in [0.2, 0.25) is 0 Å². The van der Waals surface area contributed by atoms with E-state index in [1.165, 1.54) is 12.1 Å². The van der Waals surface area contributed by atoms with Crippen LogP contribution in [0.2, 0.25) is 0 Å². The Morgan fingerprint density at radius 3 is 2.68 bits per heavy atom. The molecule has 1 atom stereocenters. The third kappa shape index (κ3) is 5.75. The number of esters is 1. The quantitative estimate of drug-likeness (QED) is 0.561. The average molecular weight is 266 g/mol. The predicted octanol–water partition coefficient (Wildman–Crippen LogP) is 2.88. The van der Waals surface area contributed by atoms with Gasteiger partial charge in [0.1, 0.15) is 11.3 Å². The molecular weight excluding hydrogens is 244 g/mol. The number of carbonyl (C=O) groups is 1. The van der Waals surface area contributed by atoms with Crippen molar-refractivity contribution in [3.63, 3.8) is 0 Å². The van der Waals surface area contributed by atoms with Gasteiger partial charge in [-0.2, -0.15) is 0 Å². The van der Waals surface area contributed by atoms with Gasteiger partial charge in [-0.3, -0.25) is 0 Å². The minimum Gasteiger partial charge on any atom is -0.507 e. The summed E-state index contributed by atoms with van der Waals surface area (Å²) >= 11 is 0. The van der Waals surface area contributed by atoms with Crippen LogP contribution in [0.25, 0.3) is 0 Å². The highest BCUT2D eigenvalue weighted by Crippen LogP contribution is 2.16. The number of rotatable bonds is 8. The van der Waals surface area contributed by atoms with E-state index in [4.69, 9.17) is 4.74 Å². The predicted molar refractivity (Wildman–Crippen MR) is 73.2 cm³/mol. The molecule has 0 saturated heterocycles. The molecule has 0 radical (unpaired) electrons. The molecule has 0 heterocycles. The monoisotopic (exact) mass is 266 g/mol. The van der Waals surface area contributed by atoms with Crippen molar-refractivity contribution in [1.82, 2.24) is 0 Å². The van der Waals surface area contributed by atoms with Crippen molar-refractivity contribution >= 4 is 5.97 Å². The number of unbranched alkanes of at least 4 members (excludes halogenated alkanes) is 2. The molecule has 19 heavy (non-hydrogen) atoms. The molecule has 1 aromatic carbocycles. The van der Waals surface area contributed by atoms with Crippen LogP contribution in [0.3, 0.4) is 0 Å². The first kappa shape index (κ1) is 15.5. The lowest BCUT2D eigenvalue weighted by molar-refractivity contribution is 0.0419. The van der Waals surface area contributed by atoms with Gasteiger partial charge in [0.25, 0.3) is 0 Å². The number of phenols is 1. The van der Waals surface area contributed by atoms with Crippen molar-refractivity contribution in [3.8, 4) is 5.75 Å². The molecule has 0 aromatic heterocycles. The van der Waals surface area contributed by atoms with Gasteiger partial charge >= 0.3 is 5.97 Å². The number of aliphatic hydroxyl groups is 1. The summed E-state index contributed by atoms with van der Waals surface area (Å²) in [5, 5.41) is 19.2. The van der Waals surface area contributed by atoms with Crippen molar-refractivity contribution in [2.75, 3.05) is 6.61 Å². The Bertz CT molecular complexity index is 389. The van der Waals surface area contributed by atoms with Gasteiger partial charge in [-0.25, -0.2) is 4.79 Å². The van der Waals surface area contributed by atoms with Crippen LogP contribution >= 0.6 is 0 Å². The third-order valence-electron chi connectivity index (χ3n) is 2.95. The number of benzene rings is 1. The third-order valence-corrected chi connectivity index (χ3v) is 2.95. The summed E-state index contributed by atoms with van der Waals surface area (Å²) in [6, 6.07) is 6.25. The summed E-state index contributed by atoms with van der Waals surface area (Å²) < 4.78 is 5.03. The minimum atomic E-state index is -0.557. The molecule has 1 unspecified atom stereocenters. The fourth-order valence-corrected chi connectivity index (χ4v) is 1.79. The molecule has 0 spiro atoms. The molecule has 0 amide bonds. The van der Waals surface area contributed by atoms with Gasteiger partial charge < -0.3 is 14.9 Å². The van der Waals surface area contributed by atoms with Crippen LogP contribution in [0.1, 0.15) is 49.4 Å². The summed E-state index contributed by atoms with van der Waals surface area (Å²) in [4.78, 5) is 11.6. The number of ether oxygens (including phenoxy) is 1. The summed E-state index contributed by atoms with van der Waals surface area (Å²) in [5.74, 6) is -0.644. The van der Waals surface area contributed by atoms with Crippen molar-refractivity contribution in [1.29, 1.82) is 0 Å². The Kier molecular flexibility index (Phi) is 6.97. The normalized spacial score (nSPS) is 12.1. The number of hydrogen-bond acceptors (Lipinski definition) is 4. The number of aliphatic hydroxyl groups excluding tert-OH is 1. The van der Waals surface area contributed by atoms with E-state index < -0.39 is 12.1 Å². The van der Waals surface area contributed by atoms with Crippen LogP contribution < -0.4 is 0 Å². The lowest BCUT2D eigenvalue weighted by atomic mass is 10.1. The Hall–Kier alpha value is -1.55. The maximum atomic E-state index is 11.6. The number of carbonyl (C=O) groups excluding carboxylic acids is 1. The van der Waals surface area contributed by atoms with Crippen LogP contribution in [-0.2, 0) is 4.74 Å². The first-order valence-corrected chi connectivity index (χ1v) is 6.78. The second-order valence-electron chi connectivity index (χ2n) is 4.59. The van der Waals surface area contributed by atoms with Crippen LogP contribution in [0.5, 0.6) is 5.75 Å². The van der Waals surface area contributed by atoms with Crippen LogP contribution in [0, 0.1) is 0 Å². The molecule has 106 valence electrons. The highest BCUT2D eigenvalue weighted by atomic mass is 16.5. The Balaban J connectivity index is 2.26. The van der Waals surface area contributed by atoms with Gasteiger partial charge in [-0.15, -0.1) is 0 Å². The topological polar surface area (TPSA) is 66.8 Å². The molecule has 4 heteroatoms. The van der Waals surface area contributed by atoms with Gasteiger partial charge in [0.05, 0.1) is 12.7 Å². The van der Waals surface area contributed by atoms with E-state index in [1.807, 2.05) is 0 Å². The highest BCUT2D eigenvalue weighted by Gasteiger charge is 2.12. The average Bonchev–Trinajstić information content (AvgIpc) is 2.39. The zero-order valence-corrected chi connectivity index (χ0v) is 11.3. The van der Waals surface area contributed by atoms with Crippen molar-refractivity contribution in [3.05, 3.63) is 29.8 Å². The van der Waals surface area contributed by atoms with Gasteiger partial charge in [0.15, 0.2) is 0 Å². The Morgan fingerprint density at radius 1 is 1.26 bits per heavy atom. The lowest BCUT2D eigenvalue weighted by Crippen LogP contribution is -2.13. The fraction of sp³-hybridized carbons (Fsp3) is 0.533. The van der Waals surface area contributed by atoms with Crippen LogP contribution in [0.15, 0.2) is 24.3 Å². The standard InChI is InChI=1S/C15H22O4/c1-2-3-4-7-12(16)10-11-19-15(18)13-8-5-6-9-14(13)17/h5-6,8-9,12,16-17H,2-4,7,10-11H2,1H3. The van der Waals surface area contributed by atoms with E-state index in [0.717, 1.165) is 25.7 Å². The second kappa shape index (κ2) is 8.53. The lowest BCUT2D eigenvalue weighted by Gasteiger charge is -2.11. The van der Waals surface area contributed by atoms with Crippen molar-refractivity contribution in [2.24, 2.45) is 0 Å². The van der Waals surface area contributed by atoms with E-state index in [0.29, 0.717) is 6.42 Å². The molecule has 2 N–H and O–H groups in total. The smallest absolute Gasteiger partial charge is 0.341 e. The van der Waals surface area contributed by atoms with Gasteiger partial charge in [-0.1, -0.05) is 38.3 Å². The molecule has 4 nitrogen and oxygen atoms in total. The molecule has 0 bridgehead atoms. The van der Waals surface area contributed by atoms with E-state index in [1.54, 1.807) is 12.1 Å². The van der Waals surface area contributed by atoms with E-state index in [9.17, 15) is 15.0 Å².